The summed E-state index contributed by atoms with van der Waals surface area (Å²) >= 11 is 0. The second-order valence-electron chi connectivity index (χ2n) is 3.10. The molecule has 0 saturated carbocycles. The van der Waals surface area contributed by atoms with Crippen molar-refractivity contribution >= 4 is 10.8 Å². The van der Waals surface area contributed by atoms with Crippen molar-refractivity contribution in [2.45, 2.75) is 6.42 Å². The number of hydrogen-bond acceptors (Lipinski definition) is 0. The van der Waals surface area contributed by atoms with E-state index in [1.807, 2.05) is 0 Å². The van der Waals surface area contributed by atoms with Crippen LogP contribution in [0, 0.1) is 0 Å². The van der Waals surface area contributed by atoms with Crippen LogP contribution in [0.4, 0.5) is 0 Å². The number of benzene rings is 2. The first-order valence-electron chi connectivity index (χ1n) is 3.95. The maximum Gasteiger partial charge on any atom is -0.00137 e. The van der Waals surface area contributed by atoms with Crippen molar-refractivity contribution in [3.05, 3.63) is 47.5 Å². The van der Waals surface area contributed by atoms with E-state index in [0.29, 0.717) is 0 Å². The molecule has 2 aromatic carbocycles. The first kappa shape index (κ1) is 5.36. The lowest BCUT2D eigenvalue weighted by Gasteiger charge is -1.92. The molecule has 0 saturated heterocycles. The van der Waals surface area contributed by atoms with Crippen molar-refractivity contribution in [2.75, 3.05) is 0 Å². The van der Waals surface area contributed by atoms with E-state index in [4.69, 9.17) is 0 Å². The maximum absolute atomic E-state index is 2.23. The van der Waals surface area contributed by atoms with Gasteiger partial charge in [-0.15, -0.1) is 0 Å². The van der Waals surface area contributed by atoms with Crippen LogP contribution in [0.2, 0.25) is 0 Å². The van der Waals surface area contributed by atoms with Crippen LogP contribution in [0.1, 0.15) is 11.1 Å². The number of rotatable bonds is 0. The lowest BCUT2D eigenvalue weighted by molar-refractivity contribution is 1.62. The van der Waals surface area contributed by atoms with Crippen LogP contribution in [0.3, 0.4) is 0 Å². The van der Waals surface area contributed by atoms with Crippen LogP contribution in [-0.2, 0) is 6.42 Å². The smallest absolute Gasteiger partial charge is 0.00137 e. The molecule has 52 valence electrons. The molecule has 11 heavy (non-hydrogen) atoms. The van der Waals surface area contributed by atoms with E-state index in [0.717, 1.165) is 0 Å². The molecule has 2 aromatic rings. The summed E-state index contributed by atoms with van der Waals surface area (Å²) in [5.74, 6) is 0. The Morgan fingerprint density at radius 3 is 2.82 bits per heavy atom. The Morgan fingerprint density at radius 1 is 0.909 bits per heavy atom. The maximum atomic E-state index is 2.23. The highest BCUT2D eigenvalue weighted by Gasteiger charge is 2.18. The average Bonchev–Trinajstić information content (AvgIpc) is 2.83. The SMILES string of the molecule is c1ccc2c3c(ccc2c1)C3. The average molecular weight is 140 g/mol. The van der Waals surface area contributed by atoms with Crippen molar-refractivity contribution in [2.24, 2.45) is 0 Å². The summed E-state index contributed by atoms with van der Waals surface area (Å²) in [5.41, 5.74) is 3.09. The van der Waals surface area contributed by atoms with E-state index in [1.165, 1.54) is 22.8 Å². The molecule has 1 aliphatic carbocycles. The minimum Gasteiger partial charge on any atom is -0.0616 e. The minimum absolute atomic E-state index is 1.22. The normalized spacial score (nSPS) is 13.1. The molecule has 1 aliphatic rings. The van der Waals surface area contributed by atoms with Crippen molar-refractivity contribution < 1.29 is 0 Å². The molecule has 0 atom stereocenters. The molecule has 0 unspecified atom stereocenters. The van der Waals surface area contributed by atoms with Crippen LogP contribution in [-0.4, -0.2) is 0 Å². The lowest BCUT2D eigenvalue weighted by atomic mass is 10.1. The Kier molecular flexibility index (Phi) is 0.803. The third-order valence-corrected chi connectivity index (χ3v) is 2.38. The summed E-state index contributed by atoms with van der Waals surface area (Å²) in [5, 5.41) is 2.83. The van der Waals surface area contributed by atoms with Crippen LogP contribution in [0.15, 0.2) is 36.4 Å². The molecular formula is C11H8. The Morgan fingerprint density at radius 2 is 1.82 bits per heavy atom. The molecule has 0 N–H and O–H groups in total. The van der Waals surface area contributed by atoms with Gasteiger partial charge in [-0.05, 0) is 28.3 Å². The fourth-order valence-corrected chi connectivity index (χ4v) is 1.68. The van der Waals surface area contributed by atoms with Crippen LogP contribution >= 0.6 is 0 Å². The highest BCUT2D eigenvalue weighted by Crippen LogP contribution is 2.34. The van der Waals surface area contributed by atoms with Gasteiger partial charge in [0.1, 0.15) is 0 Å². The molecule has 0 spiro atoms. The van der Waals surface area contributed by atoms with E-state index in [9.17, 15) is 0 Å². The van der Waals surface area contributed by atoms with Crippen molar-refractivity contribution in [3.63, 3.8) is 0 Å². The van der Waals surface area contributed by atoms with E-state index in [1.54, 1.807) is 5.56 Å². The Labute approximate surface area is 65.5 Å². The van der Waals surface area contributed by atoms with Crippen molar-refractivity contribution in [1.82, 2.24) is 0 Å². The van der Waals surface area contributed by atoms with Gasteiger partial charge in [-0.2, -0.15) is 0 Å². The molecule has 0 heteroatoms. The van der Waals surface area contributed by atoms with Gasteiger partial charge in [0.25, 0.3) is 0 Å². The van der Waals surface area contributed by atoms with Gasteiger partial charge in [0.05, 0.1) is 0 Å². The third-order valence-electron chi connectivity index (χ3n) is 2.38. The van der Waals surface area contributed by atoms with Gasteiger partial charge < -0.3 is 0 Å². The predicted octanol–water partition coefficient (Wildman–Crippen LogP) is 2.74. The van der Waals surface area contributed by atoms with E-state index < -0.39 is 0 Å². The number of fused-ring (bicyclic) bond motifs is 3. The molecule has 0 radical (unpaired) electrons. The monoisotopic (exact) mass is 140 g/mol. The van der Waals surface area contributed by atoms with Gasteiger partial charge in [-0.3, -0.25) is 0 Å². The summed E-state index contributed by atoms with van der Waals surface area (Å²) in [6, 6.07) is 13.0. The zero-order chi connectivity index (χ0) is 7.26. The second kappa shape index (κ2) is 1.65. The highest BCUT2D eigenvalue weighted by atomic mass is 14.2. The summed E-state index contributed by atoms with van der Waals surface area (Å²) < 4.78 is 0. The Hall–Kier alpha value is -1.30. The molecule has 0 bridgehead atoms. The Bertz CT molecular complexity index is 427. The zero-order valence-electron chi connectivity index (χ0n) is 6.17. The largest absolute Gasteiger partial charge is 0.0616 e. The molecule has 0 heterocycles. The number of hydrogen-bond donors (Lipinski definition) is 0. The molecule has 0 aromatic heterocycles. The fraction of sp³-hybridized carbons (Fsp3) is 0.0909. The molecule has 0 nitrogen and oxygen atoms in total. The quantitative estimate of drug-likeness (QED) is 0.450. The molecule has 0 amide bonds. The summed E-state index contributed by atoms with van der Waals surface area (Å²) in [7, 11) is 0. The standard InChI is InChI=1S/C11H8/c1-2-4-10-8(3-1)5-6-9-7-11(9)10/h1-6H,7H2. The first-order chi connectivity index (χ1) is 5.45. The first-order valence-corrected chi connectivity index (χ1v) is 3.95. The van der Waals surface area contributed by atoms with Gasteiger partial charge in [0, 0.05) is 0 Å². The minimum atomic E-state index is 1.22. The van der Waals surface area contributed by atoms with Crippen LogP contribution in [0.25, 0.3) is 10.8 Å². The molecule has 3 rings (SSSR count). The zero-order valence-corrected chi connectivity index (χ0v) is 6.17. The van der Waals surface area contributed by atoms with Crippen LogP contribution in [0.5, 0.6) is 0 Å². The van der Waals surface area contributed by atoms with Gasteiger partial charge in [-0.1, -0.05) is 36.4 Å². The van der Waals surface area contributed by atoms with E-state index in [-0.39, 0.29) is 0 Å². The summed E-state index contributed by atoms with van der Waals surface area (Å²) in [6.45, 7) is 0. The lowest BCUT2D eigenvalue weighted by Crippen LogP contribution is -1.67. The highest BCUT2D eigenvalue weighted by molar-refractivity contribution is 5.90. The predicted molar refractivity (Wildman–Crippen MR) is 46.8 cm³/mol. The van der Waals surface area contributed by atoms with Gasteiger partial charge >= 0.3 is 0 Å². The molecule has 0 aliphatic heterocycles. The van der Waals surface area contributed by atoms with Crippen LogP contribution < -0.4 is 0 Å². The fourth-order valence-electron chi connectivity index (χ4n) is 1.68. The van der Waals surface area contributed by atoms with Crippen molar-refractivity contribution in [3.8, 4) is 0 Å². The third kappa shape index (κ3) is 0.640. The van der Waals surface area contributed by atoms with Gasteiger partial charge in [0.2, 0.25) is 0 Å². The van der Waals surface area contributed by atoms with E-state index in [2.05, 4.69) is 36.4 Å². The van der Waals surface area contributed by atoms with Crippen molar-refractivity contribution in [1.29, 1.82) is 0 Å². The van der Waals surface area contributed by atoms with Gasteiger partial charge in [0.15, 0.2) is 0 Å². The van der Waals surface area contributed by atoms with Gasteiger partial charge in [-0.25, -0.2) is 0 Å². The summed E-state index contributed by atoms with van der Waals surface area (Å²) in [4.78, 5) is 0. The summed E-state index contributed by atoms with van der Waals surface area (Å²) in [6.07, 6.45) is 1.22. The second-order valence-corrected chi connectivity index (χ2v) is 3.10. The topological polar surface area (TPSA) is 0 Å². The van der Waals surface area contributed by atoms with E-state index >= 15 is 0 Å². The molecule has 0 fully saturated rings. The Balaban J connectivity index is 2.56. The molecular weight excluding hydrogens is 132 g/mol.